The lowest BCUT2D eigenvalue weighted by Crippen LogP contribution is -2.38. The van der Waals surface area contributed by atoms with Crippen molar-refractivity contribution in [3.8, 4) is 5.75 Å². The third kappa shape index (κ3) is 5.94. The molecule has 4 nitrogen and oxygen atoms in total. The van der Waals surface area contributed by atoms with Crippen molar-refractivity contribution < 1.29 is 9.47 Å². The Bertz CT molecular complexity index is 434. The summed E-state index contributed by atoms with van der Waals surface area (Å²) in [6.45, 7) is 10.5. The highest BCUT2D eigenvalue weighted by molar-refractivity contribution is 9.10. The highest BCUT2D eigenvalue weighted by atomic mass is 79.9. The molecule has 1 aromatic carbocycles. The van der Waals surface area contributed by atoms with Crippen LogP contribution in [0.3, 0.4) is 0 Å². The summed E-state index contributed by atoms with van der Waals surface area (Å²) in [6.07, 6.45) is 0. The average Bonchev–Trinajstić information content (AvgIpc) is 2.48. The molecule has 1 aliphatic rings. The number of morpholine rings is 1. The Morgan fingerprint density at radius 1 is 1.33 bits per heavy atom. The van der Waals surface area contributed by atoms with E-state index in [1.165, 1.54) is 5.56 Å². The molecule has 1 N–H and O–H groups in total. The fourth-order valence-corrected chi connectivity index (χ4v) is 2.59. The monoisotopic (exact) mass is 356 g/mol. The second-order valence-electron chi connectivity index (χ2n) is 5.59. The minimum atomic E-state index is 0.475. The van der Waals surface area contributed by atoms with Gasteiger partial charge in [0.2, 0.25) is 0 Å². The van der Waals surface area contributed by atoms with Crippen molar-refractivity contribution in [1.29, 1.82) is 0 Å². The molecule has 5 heteroatoms. The van der Waals surface area contributed by atoms with Gasteiger partial charge in [-0.05, 0) is 23.8 Å². The van der Waals surface area contributed by atoms with Crippen molar-refractivity contribution in [2.45, 2.75) is 26.4 Å². The van der Waals surface area contributed by atoms with E-state index in [9.17, 15) is 0 Å². The Balaban J connectivity index is 1.80. The van der Waals surface area contributed by atoms with Crippen molar-refractivity contribution in [1.82, 2.24) is 10.2 Å². The molecule has 1 fully saturated rings. The van der Waals surface area contributed by atoms with E-state index in [1.807, 2.05) is 6.07 Å². The first-order valence-corrected chi connectivity index (χ1v) is 8.39. The third-order valence-electron chi connectivity index (χ3n) is 3.50. The average molecular weight is 357 g/mol. The Labute approximate surface area is 135 Å². The molecule has 1 saturated heterocycles. The molecular weight excluding hydrogens is 332 g/mol. The number of nitrogens with one attached hydrogen (secondary N) is 1. The van der Waals surface area contributed by atoms with E-state index in [4.69, 9.17) is 9.47 Å². The molecular formula is C16H25BrN2O2. The molecule has 0 aliphatic carbocycles. The lowest BCUT2D eigenvalue weighted by atomic mass is 10.2. The van der Waals surface area contributed by atoms with E-state index in [1.54, 1.807) is 0 Å². The Kier molecular flexibility index (Phi) is 6.96. The number of hydrogen-bond donors (Lipinski definition) is 1. The number of halogens is 1. The van der Waals surface area contributed by atoms with Gasteiger partial charge in [0.05, 0.1) is 13.2 Å². The summed E-state index contributed by atoms with van der Waals surface area (Å²) in [5, 5.41) is 3.43. The summed E-state index contributed by atoms with van der Waals surface area (Å²) in [6, 6.07) is 6.66. The molecule has 0 radical (unpaired) electrons. The van der Waals surface area contributed by atoms with Crippen LogP contribution in [0.25, 0.3) is 0 Å². The zero-order valence-corrected chi connectivity index (χ0v) is 14.5. The van der Waals surface area contributed by atoms with Crippen LogP contribution in [-0.4, -0.2) is 50.4 Å². The highest BCUT2D eigenvalue weighted by Gasteiger charge is 2.10. The largest absolute Gasteiger partial charge is 0.492 e. The van der Waals surface area contributed by atoms with Gasteiger partial charge in [-0.3, -0.25) is 4.90 Å². The Morgan fingerprint density at radius 2 is 2.10 bits per heavy atom. The number of nitrogens with zero attached hydrogens (tertiary/aromatic N) is 1. The Morgan fingerprint density at radius 3 is 2.81 bits per heavy atom. The van der Waals surface area contributed by atoms with Gasteiger partial charge in [-0.1, -0.05) is 29.8 Å². The molecule has 0 aromatic heterocycles. The summed E-state index contributed by atoms with van der Waals surface area (Å²) >= 11 is 3.59. The molecule has 2 rings (SSSR count). The number of benzene rings is 1. The van der Waals surface area contributed by atoms with Crippen LogP contribution < -0.4 is 10.1 Å². The van der Waals surface area contributed by atoms with Crippen LogP contribution in [0.1, 0.15) is 19.4 Å². The first-order chi connectivity index (χ1) is 10.1. The highest BCUT2D eigenvalue weighted by Crippen LogP contribution is 2.22. The fraction of sp³-hybridized carbons (Fsp3) is 0.625. The molecule has 21 heavy (non-hydrogen) atoms. The minimum Gasteiger partial charge on any atom is -0.492 e. The topological polar surface area (TPSA) is 33.7 Å². The number of ether oxygens (including phenoxy) is 2. The Hall–Kier alpha value is -0.620. The molecule has 0 saturated carbocycles. The predicted molar refractivity (Wildman–Crippen MR) is 88.9 cm³/mol. The van der Waals surface area contributed by atoms with Gasteiger partial charge in [-0.25, -0.2) is 0 Å². The van der Waals surface area contributed by atoms with Crippen molar-refractivity contribution >= 4 is 15.9 Å². The van der Waals surface area contributed by atoms with Gasteiger partial charge < -0.3 is 14.8 Å². The molecule has 1 aromatic rings. The van der Waals surface area contributed by atoms with Crippen molar-refractivity contribution in [3.63, 3.8) is 0 Å². The van der Waals surface area contributed by atoms with Gasteiger partial charge in [0, 0.05) is 36.7 Å². The van der Waals surface area contributed by atoms with E-state index in [-0.39, 0.29) is 0 Å². The number of rotatable bonds is 7. The van der Waals surface area contributed by atoms with E-state index in [0.717, 1.165) is 56.2 Å². The van der Waals surface area contributed by atoms with E-state index >= 15 is 0 Å². The third-order valence-corrected chi connectivity index (χ3v) is 4.27. The number of hydrogen-bond acceptors (Lipinski definition) is 4. The van der Waals surface area contributed by atoms with Gasteiger partial charge in [0.25, 0.3) is 0 Å². The maximum atomic E-state index is 5.88. The predicted octanol–water partition coefficient (Wildman–Crippen LogP) is 2.66. The van der Waals surface area contributed by atoms with Crippen LogP contribution in [0.5, 0.6) is 5.75 Å². The second-order valence-corrected chi connectivity index (χ2v) is 6.45. The van der Waals surface area contributed by atoms with Crippen LogP contribution in [0, 0.1) is 0 Å². The van der Waals surface area contributed by atoms with Crippen LogP contribution >= 0.6 is 15.9 Å². The minimum absolute atomic E-state index is 0.475. The van der Waals surface area contributed by atoms with E-state index in [0.29, 0.717) is 6.04 Å². The summed E-state index contributed by atoms with van der Waals surface area (Å²) in [7, 11) is 0. The quantitative estimate of drug-likeness (QED) is 0.814. The normalized spacial score (nSPS) is 16.4. The molecule has 1 heterocycles. The maximum Gasteiger partial charge on any atom is 0.119 e. The zero-order chi connectivity index (χ0) is 15.1. The first-order valence-electron chi connectivity index (χ1n) is 7.60. The van der Waals surface area contributed by atoms with Gasteiger partial charge in [0.15, 0.2) is 0 Å². The molecule has 0 bridgehead atoms. The lowest BCUT2D eigenvalue weighted by molar-refractivity contribution is 0.0322. The van der Waals surface area contributed by atoms with Crippen molar-refractivity contribution in [2.75, 3.05) is 39.5 Å². The van der Waals surface area contributed by atoms with Crippen LogP contribution in [0.4, 0.5) is 0 Å². The molecule has 0 unspecified atom stereocenters. The van der Waals surface area contributed by atoms with Crippen molar-refractivity contribution in [2.24, 2.45) is 0 Å². The van der Waals surface area contributed by atoms with Crippen LogP contribution in [0.2, 0.25) is 0 Å². The molecule has 0 spiro atoms. The second kappa shape index (κ2) is 8.73. The van der Waals surface area contributed by atoms with Crippen LogP contribution in [0.15, 0.2) is 22.7 Å². The summed E-state index contributed by atoms with van der Waals surface area (Å²) < 4.78 is 12.3. The molecule has 0 atom stereocenters. The first kappa shape index (κ1) is 16.7. The van der Waals surface area contributed by atoms with Gasteiger partial charge >= 0.3 is 0 Å². The summed E-state index contributed by atoms with van der Waals surface area (Å²) in [5.74, 6) is 0.937. The molecule has 118 valence electrons. The standard InChI is InChI=1S/C16H25BrN2O2/c1-13(2)18-12-14-11-15(3-4-16(14)17)21-10-7-19-5-8-20-9-6-19/h3-4,11,13,18H,5-10,12H2,1-2H3. The van der Waals surface area contributed by atoms with Crippen molar-refractivity contribution in [3.05, 3.63) is 28.2 Å². The fourth-order valence-electron chi connectivity index (χ4n) is 2.21. The smallest absolute Gasteiger partial charge is 0.119 e. The van der Waals surface area contributed by atoms with Gasteiger partial charge in [0.1, 0.15) is 12.4 Å². The SMILES string of the molecule is CC(C)NCc1cc(OCCN2CCOCC2)ccc1Br. The van der Waals surface area contributed by atoms with Gasteiger partial charge in [-0.15, -0.1) is 0 Å². The lowest BCUT2D eigenvalue weighted by Gasteiger charge is -2.26. The zero-order valence-electron chi connectivity index (χ0n) is 12.9. The molecule has 0 amide bonds. The summed E-state index contributed by atoms with van der Waals surface area (Å²) in [5.41, 5.74) is 1.23. The molecule has 1 aliphatic heterocycles. The summed E-state index contributed by atoms with van der Waals surface area (Å²) in [4.78, 5) is 2.38. The van der Waals surface area contributed by atoms with E-state index in [2.05, 4.69) is 52.1 Å². The van der Waals surface area contributed by atoms with E-state index < -0.39 is 0 Å². The van der Waals surface area contributed by atoms with Crippen LogP contribution in [-0.2, 0) is 11.3 Å². The maximum absolute atomic E-state index is 5.88. The van der Waals surface area contributed by atoms with Gasteiger partial charge in [-0.2, -0.15) is 0 Å².